The number of hydrogen-bond donors (Lipinski definition) is 1. The molecule has 4 atom stereocenters. The minimum absolute atomic E-state index is 0.271. The molecule has 1 aliphatic heterocycles. The van der Waals surface area contributed by atoms with Gasteiger partial charge in [-0.1, -0.05) is 25.0 Å². The molecule has 1 saturated heterocycles. The first-order valence-corrected chi connectivity index (χ1v) is 10.3. The second-order valence-corrected chi connectivity index (χ2v) is 7.86. The predicted molar refractivity (Wildman–Crippen MR) is 107 cm³/mol. The van der Waals surface area contributed by atoms with Crippen LogP contribution < -0.4 is 10.1 Å². The number of rotatable bonds is 7. The van der Waals surface area contributed by atoms with Crippen LogP contribution in [0.2, 0.25) is 0 Å². The molecule has 1 heterocycles. The van der Waals surface area contributed by atoms with Crippen molar-refractivity contribution in [2.24, 2.45) is 11.8 Å². The molecule has 8 heteroatoms. The molecule has 0 unspecified atom stereocenters. The number of nitrogens with one attached hydrogen (secondary N) is 1. The third-order valence-corrected chi connectivity index (χ3v) is 5.89. The predicted octanol–water partition coefficient (Wildman–Crippen LogP) is 1.81. The summed E-state index contributed by atoms with van der Waals surface area (Å²) in [5.74, 6) is -1.76. The Hall–Kier alpha value is -2.90. The summed E-state index contributed by atoms with van der Waals surface area (Å²) in [5, 5.41) is 2.70. The molecule has 2 fully saturated rings. The van der Waals surface area contributed by atoms with E-state index in [-0.39, 0.29) is 30.2 Å². The van der Waals surface area contributed by atoms with Crippen molar-refractivity contribution in [1.82, 2.24) is 10.2 Å². The summed E-state index contributed by atoms with van der Waals surface area (Å²) in [6.45, 7) is 3.20. The fourth-order valence-electron chi connectivity index (χ4n) is 4.08. The zero-order valence-electron chi connectivity index (χ0n) is 17.6. The summed E-state index contributed by atoms with van der Waals surface area (Å²) in [5.41, 5.74) is 0.868. The summed E-state index contributed by atoms with van der Waals surface area (Å²) in [4.78, 5) is 51.1. The molecule has 0 aromatic heterocycles. The molecule has 30 heavy (non-hydrogen) atoms. The Kier molecular flexibility index (Phi) is 6.74. The lowest BCUT2D eigenvalue weighted by molar-refractivity contribution is -0.164. The summed E-state index contributed by atoms with van der Waals surface area (Å²) in [6.07, 6.45) is 2.14. The largest absolute Gasteiger partial charge is 0.497 e. The number of benzene rings is 1. The lowest BCUT2D eigenvalue weighted by Crippen LogP contribution is -2.46. The van der Waals surface area contributed by atoms with Gasteiger partial charge < -0.3 is 14.8 Å². The van der Waals surface area contributed by atoms with Crippen LogP contribution >= 0.6 is 0 Å². The molecule has 8 nitrogen and oxygen atoms in total. The third-order valence-electron chi connectivity index (χ3n) is 5.89. The Morgan fingerprint density at radius 3 is 2.17 bits per heavy atom. The van der Waals surface area contributed by atoms with Crippen LogP contribution in [0.25, 0.3) is 0 Å². The van der Waals surface area contributed by atoms with Crippen LogP contribution in [-0.4, -0.2) is 47.8 Å². The molecule has 3 rings (SSSR count). The average Bonchev–Trinajstić information content (AvgIpc) is 3.02. The molecule has 3 amide bonds. The second kappa shape index (κ2) is 9.28. The topological polar surface area (TPSA) is 102 Å². The highest BCUT2D eigenvalue weighted by Gasteiger charge is 2.51. The van der Waals surface area contributed by atoms with Gasteiger partial charge >= 0.3 is 5.97 Å². The van der Waals surface area contributed by atoms with E-state index in [4.69, 9.17) is 9.47 Å². The van der Waals surface area contributed by atoms with Gasteiger partial charge in [0, 0.05) is 6.54 Å². The summed E-state index contributed by atoms with van der Waals surface area (Å²) >= 11 is 0. The van der Waals surface area contributed by atoms with Crippen LogP contribution in [0.5, 0.6) is 5.75 Å². The third kappa shape index (κ3) is 4.47. The number of carbonyl (C=O) groups excluding carboxylic acids is 4. The number of esters is 1. The first-order valence-electron chi connectivity index (χ1n) is 10.3. The van der Waals surface area contributed by atoms with Crippen molar-refractivity contribution in [3.63, 3.8) is 0 Å². The lowest BCUT2D eigenvalue weighted by Gasteiger charge is -2.23. The van der Waals surface area contributed by atoms with Crippen LogP contribution in [0, 0.1) is 11.8 Å². The Labute approximate surface area is 175 Å². The van der Waals surface area contributed by atoms with E-state index in [1.165, 1.54) is 13.8 Å². The number of nitrogens with zero attached hydrogens (tertiary/aromatic N) is 1. The first-order chi connectivity index (χ1) is 14.3. The summed E-state index contributed by atoms with van der Waals surface area (Å²) in [7, 11) is 1.57. The SMILES string of the molecule is COc1ccc(CNC(=O)[C@H](C)OC(=O)[C@H](C)N2C(=O)[C@H]3CCCC[C@@H]3C2=O)cc1. The van der Waals surface area contributed by atoms with E-state index in [0.29, 0.717) is 18.6 Å². The Morgan fingerprint density at radius 1 is 1.07 bits per heavy atom. The number of methoxy groups -OCH3 is 1. The number of carbonyl (C=O) groups is 4. The van der Waals surface area contributed by atoms with Crippen LogP contribution in [-0.2, 0) is 30.5 Å². The smallest absolute Gasteiger partial charge is 0.329 e. The molecule has 1 aliphatic carbocycles. The van der Waals surface area contributed by atoms with Crippen molar-refractivity contribution in [2.45, 2.75) is 58.2 Å². The van der Waals surface area contributed by atoms with E-state index in [1.54, 1.807) is 19.2 Å². The second-order valence-electron chi connectivity index (χ2n) is 7.86. The molecule has 0 spiro atoms. The van der Waals surface area contributed by atoms with Crippen molar-refractivity contribution in [1.29, 1.82) is 0 Å². The average molecular weight is 416 g/mol. The van der Waals surface area contributed by atoms with Crippen molar-refractivity contribution in [2.75, 3.05) is 7.11 Å². The van der Waals surface area contributed by atoms with E-state index in [9.17, 15) is 19.2 Å². The maximum absolute atomic E-state index is 12.6. The number of imide groups is 1. The molecule has 0 radical (unpaired) electrons. The van der Waals surface area contributed by atoms with Gasteiger partial charge in [-0.15, -0.1) is 0 Å². The monoisotopic (exact) mass is 416 g/mol. The molecule has 1 saturated carbocycles. The minimum Gasteiger partial charge on any atom is -0.497 e. The molecule has 0 bridgehead atoms. The summed E-state index contributed by atoms with van der Waals surface area (Å²) in [6, 6.07) is 6.17. The van der Waals surface area contributed by atoms with Crippen molar-refractivity contribution in [3.8, 4) is 5.75 Å². The number of fused-ring (bicyclic) bond motifs is 1. The first kappa shape index (κ1) is 21.8. The molecule has 1 aromatic rings. The van der Waals surface area contributed by atoms with Crippen LogP contribution in [0.4, 0.5) is 0 Å². The number of likely N-dealkylation sites (tertiary alicyclic amines) is 1. The molecular weight excluding hydrogens is 388 g/mol. The minimum atomic E-state index is -1.05. The lowest BCUT2D eigenvalue weighted by atomic mass is 9.81. The van der Waals surface area contributed by atoms with Gasteiger partial charge in [0.2, 0.25) is 11.8 Å². The Balaban J connectivity index is 1.53. The van der Waals surface area contributed by atoms with Crippen molar-refractivity contribution >= 4 is 23.7 Å². The zero-order chi connectivity index (χ0) is 21.8. The summed E-state index contributed by atoms with van der Waals surface area (Å²) < 4.78 is 10.3. The fraction of sp³-hybridized carbons (Fsp3) is 0.545. The maximum atomic E-state index is 12.6. The number of amides is 3. The molecule has 1 N–H and O–H groups in total. The van der Waals surface area contributed by atoms with Gasteiger partial charge in [-0.2, -0.15) is 0 Å². The van der Waals surface area contributed by atoms with Gasteiger partial charge in [-0.3, -0.25) is 19.3 Å². The van der Waals surface area contributed by atoms with Gasteiger partial charge in [-0.05, 0) is 44.4 Å². The van der Waals surface area contributed by atoms with Crippen LogP contribution in [0.3, 0.4) is 0 Å². The van der Waals surface area contributed by atoms with Crippen LogP contribution in [0.1, 0.15) is 45.1 Å². The van der Waals surface area contributed by atoms with E-state index in [1.807, 2.05) is 12.1 Å². The van der Waals surface area contributed by atoms with Crippen molar-refractivity contribution in [3.05, 3.63) is 29.8 Å². The molecule has 162 valence electrons. The highest BCUT2D eigenvalue weighted by molar-refractivity contribution is 6.07. The van der Waals surface area contributed by atoms with Gasteiger partial charge in [0.15, 0.2) is 6.10 Å². The zero-order valence-corrected chi connectivity index (χ0v) is 17.6. The Morgan fingerprint density at radius 2 is 1.63 bits per heavy atom. The standard InChI is InChI=1S/C22H28N2O6/c1-13(24-20(26)17-6-4-5-7-18(17)21(24)27)22(28)30-14(2)19(25)23-12-15-8-10-16(29-3)11-9-15/h8-11,13-14,17-18H,4-7,12H2,1-3H3,(H,23,25)/t13-,14-,17-,18-/m0/s1. The Bertz CT molecular complexity index is 797. The molecule has 1 aromatic carbocycles. The van der Waals surface area contributed by atoms with E-state index in [0.717, 1.165) is 23.3 Å². The van der Waals surface area contributed by atoms with E-state index >= 15 is 0 Å². The van der Waals surface area contributed by atoms with Crippen LogP contribution in [0.15, 0.2) is 24.3 Å². The van der Waals surface area contributed by atoms with Gasteiger partial charge in [0.05, 0.1) is 18.9 Å². The van der Waals surface area contributed by atoms with Gasteiger partial charge in [0.1, 0.15) is 11.8 Å². The van der Waals surface area contributed by atoms with Gasteiger partial charge in [-0.25, -0.2) is 4.79 Å². The quantitative estimate of drug-likeness (QED) is 0.537. The number of hydrogen-bond acceptors (Lipinski definition) is 6. The molecular formula is C22H28N2O6. The van der Waals surface area contributed by atoms with E-state index < -0.39 is 24.0 Å². The number of ether oxygens (including phenoxy) is 2. The highest BCUT2D eigenvalue weighted by Crippen LogP contribution is 2.38. The van der Waals surface area contributed by atoms with Crippen molar-refractivity contribution < 1.29 is 28.7 Å². The fourth-order valence-corrected chi connectivity index (χ4v) is 4.08. The maximum Gasteiger partial charge on any atom is 0.329 e. The van der Waals surface area contributed by atoms with Gasteiger partial charge in [0.25, 0.3) is 5.91 Å². The highest BCUT2D eigenvalue weighted by atomic mass is 16.5. The molecule has 2 aliphatic rings. The van der Waals surface area contributed by atoms with E-state index in [2.05, 4.69) is 5.32 Å². The normalized spacial score (nSPS) is 22.8.